The summed E-state index contributed by atoms with van der Waals surface area (Å²) in [5, 5.41) is 11.9. The van der Waals surface area contributed by atoms with Crippen LogP contribution in [0.1, 0.15) is 59.8 Å². The summed E-state index contributed by atoms with van der Waals surface area (Å²) in [6, 6.07) is -1.78. The molecule has 0 bridgehead atoms. The minimum absolute atomic E-state index is 0.335. The molecule has 1 heterocycles. The normalized spacial score (nSPS) is 24.4. The minimum Gasteiger partial charge on any atom is -0.480 e. The number of rotatable bonds is 7. The lowest BCUT2D eigenvalue weighted by Gasteiger charge is -2.26. The number of likely N-dealkylation sites (tertiary alicyclic amines) is 1. The van der Waals surface area contributed by atoms with Gasteiger partial charge in [0, 0.05) is 6.54 Å². The number of esters is 2. The van der Waals surface area contributed by atoms with Gasteiger partial charge in [0.05, 0.1) is 17.3 Å². The maximum atomic E-state index is 12.7. The Bertz CT molecular complexity index is 729. The molecule has 10 nitrogen and oxygen atoms in total. The molecule has 174 valence electrons. The van der Waals surface area contributed by atoms with Crippen LogP contribution in [-0.4, -0.2) is 65.2 Å². The molecule has 1 saturated heterocycles. The zero-order valence-electron chi connectivity index (χ0n) is 18.5. The van der Waals surface area contributed by atoms with Crippen LogP contribution in [0.4, 0.5) is 0 Å². The van der Waals surface area contributed by atoms with Gasteiger partial charge in [0.1, 0.15) is 12.1 Å². The molecule has 4 atom stereocenters. The van der Waals surface area contributed by atoms with Crippen LogP contribution in [0.2, 0.25) is 0 Å². The fourth-order valence-electron chi connectivity index (χ4n) is 3.94. The van der Waals surface area contributed by atoms with Crippen molar-refractivity contribution in [3.05, 3.63) is 0 Å². The van der Waals surface area contributed by atoms with Crippen LogP contribution in [0.15, 0.2) is 0 Å². The van der Waals surface area contributed by atoms with Gasteiger partial charge in [0.15, 0.2) is 0 Å². The number of carbonyl (C=O) groups is 5. The number of nitrogens with zero attached hydrogens (tertiary/aromatic N) is 1. The quantitative estimate of drug-likeness (QED) is 0.443. The molecular weight excluding hydrogens is 408 g/mol. The van der Waals surface area contributed by atoms with E-state index in [1.165, 1.54) is 11.8 Å². The Morgan fingerprint density at radius 3 is 2.29 bits per heavy atom. The van der Waals surface area contributed by atoms with Crippen molar-refractivity contribution in [2.75, 3.05) is 13.3 Å². The van der Waals surface area contributed by atoms with Crippen LogP contribution in [-0.2, 0) is 33.4 Å². The van der Waals surface area contributed by atoms with E-state index in [0.29, 0.717) is 38.6 Å². The molecule has 31 heavy (non-hydrogen) atoms. The van der Waals surface area contributed by atoms with Crippen LogP contribution in [0.3, 0.4) is 0 Å². The summed E-state index contributed by atoms with van der Waals surface area (Å²) in [6.07, 6.45) is 2.56. The number of amides is 2. The molecule has 1 aliphatic heterocycles. The number of carbonyl (C=O) groups excluding carboxylic acids is 4. The molecular formula is C21H32N2O8. The Morgan fingerprint density at radius 1 is 1.03 bits per heavy atom. The van der Waals surface area contributed by atoms with Gasteiger partial charge in [0.25, 0.3) is 0 Å². The van der Waals surface area contributed by atoms with E-state index in [0.717, 1.165) is 0 Å². The Labute approximate surface area is 181 Å². The van der Waals surface area contributed by atoms with E-state index >= 15 is 0 Å². The van der Waals surface area contributed by atoms with E-state index in [1.54, 1.807) is 20.8 Å². The summed E-state index contributed by atoms with van der Waals surface area (Å²) in [7, 11) is 0. The van der Waals surface area contributed by atoms with Crippen LogP contribution in [0, 0.1) is 17.3 Å². The van der Waals surface area contributed by atoms with E-state index in [4.69, 9.17) is 9.47 Å². The summed E-state index contributed by atoms with van der Waals surface area (Å²) in [6.45, 7) is 6.36. The second kappa shape index (κ2) is 10.1. The molecule has 2 fully saturated rings. The standard InChI is InChI=1S/C21H32N2O8/c1-12(17(25)23-10-6-9-15(23)18(26)27)22-16(24)13-7-5-8-14(13)19(28)30-11-31-20(29)21(2,3)4/h12-15H,5-11H2,1-4H3,(H,22,24)(H,26,27)/t12-,13+,14-,15-/m0/s1. The van der Waals surface area contributed by atoms with Crippen LogP contribution < -0.4 is 5.32 Å². The molecule has 0 aromatic carbocycles. The molecule has 10 heteroatoms. The second-order valence-corrected chi connectivity index (χ2v) is 9.17. The average molecular weight is 440 g/mol. The molecule has 2 rings (SSSR count). The predicted molar refractivity (Wildman–Crippen MR) is 107 cm³/mol. The summed E-state index contributed by atoms with van der Waals surface area (Å²) in [5.74, 6) is -4.43. The molecule has 0 spiro atoms. The van der Waals surface area contributed by atoms with Gasteiger partial charge in [-0.1, -0.05) is 6.42 Å². The largest absolute Gasteiger partial charge is 0.480 e. The number of hydrogen-bond acceptors (Lipinski definition) is 7. The number of hydrogen-bond donors (Lipinski definition) is 2. The molecule has 2 N–H and O–H groups in total. The molecule has 2 aliphatic rings. The summed E-state index contributed by atoms with van der Waals surface area (Å²) >= 11 is 0. The van der Waals surface area contributed by atoms with Crippen molar-refractivity contribution in [1.82, 2.24) is 10.2 Å². The fourth-order valence-corrected chi connectivity index (χ4v) is 3.94. The molecule has 0 radical (unpaired) electrons. The van der Waals surface area contributed by atoms with E-state index in [1.807, 2.05) is 0 Å². The van der Waals surface area contributed by atoms with Crippen molar-refractivity contribution in [2.24, 2.45) is 17.3 Å². The average Bonchev–Trinajstić information content (AvgIpc) is 3.35. The summed E-state index contributed by atoms with van der Waals surface area (Å²) in [4.78, 5) is 62.1. The Morgan fingerprint density at radius 2 is 1.68 bits per heavy atom. The molecule has 0 aromatic heterocycles. The third-order valence-corrected chi connectivity index (χ3v) is 5.71. The first-order valence-corrected chi connectivity index (χ1v) is 10.6. The second-order valence-electron chi connectivity index (χ2n) is 9.17. The fraction of sp³-hybridized carbons (Fsp3) is 0.762. The lowest BCUT2D eigenvalue weighted by molar-refractivity contribution is -0.176. The van der Waals surface area contributed by atoms with Gasteiger partial charge >= 0.3 is 17.9 Å². The minimum atomic E-state index is -1.06. The van der Waals surface area contributed by atoms with Gasteiger partial charge in [-0.3, -0.25) is 19.2 Å². The van der Waals surface area contributed by atoms with Crippen molar-refractivity contribution in [1.29, 1.82) is 0 Å². The number of nitrogens with one attached hydrogen (secondary N) is 1. The van der Waals surface area contributed by atoms with Gasteiger partial charge in [-0.25, -0.2) is 4.79 Å². The number of aliphatic carboxylic acids is 1. The highest BCUT2D eigenvalue weighted by molar-refractivity contribution is 5.92. The van der Waals surface area contributed by atoms with Crippen LogP contribution in [0.5, 0.6) is 0 Å². The zero-order valence-corrected chi connectivity index (χ0v) is 18.5. The van der Waals surface area contributed by atoms with Crippen LogP contribution in [0.25, 0.3) is 0 Å². The first-order chi connectivity index (χ1) is 14.4. The Hall–Kier alpha value is -2.65. The Kier molecular flexibility index (Phi) is 8.02. The van der Waals surface area contributed by atoms with Gasteiger partial charge in [-0.2, -0.15) is 0 Å². The molecule has 0 aromatic rings. The van der Waals surface area contributed by atoms with Crippen LogP contribution >= 0.6 is 0 Å². The highest BCUT2D eigenvalue weighted by atomic mass is 16.7. The molecule has 2 amide bonds. The SMILES string of the molecule is C[C@H](NC(=O)[C@@H]1CCC[C@@H]1C(=O)OCOC(=O)C(C)(C)C)C(=O)N1CCC[C@H]1C(=O)O. The lowest BCUT2D eigenvalue weighted by Crippen LogP contribution is -2.51. The van der Waals surface area contributed by atoms with E-state index in [2.05, 4.69) is 5.32 Å². The topological polar surface area (TPSA) is 139 Å². The van der Waals surface area contributed by atoms with Crippen molar-refractivity contribution in [2.45, 2.75) is 71.9 Å². The van der Waals surface area contributed by atoms with Gasteiger partial charge in [0.2, 0.25) is 18.6 Å². The van der Waals surface area contributed by atoms with Crippen molar-refractivity contribution in [3.8, 4) is 0 Å². The third kappa shape index (κ3) is 6.18. The zero-order chi connectivity index (χ0) is 23.3. The maximum absolute atomic E-state index is 12.7. The monoisotopic (exact) mass is 440 g/mol. The smallest absolute Gasteiger partial charge is 0.326 e. The number of carboxylic acids is 1. The Balaban J connectivity index is 1.89. The third-order valence-electron chi connectivity index (χ3n) is 5.71. The first-order valence-electron chi connectivity index (χ1n) is 10.6. The van der Waals surface area contributed by atoms with Gasteiger partial charge < -0.3 is 24.8 Å². The molecule has 0 unspecified atom stereocenters. The van der Waals surface area contributed by atoms with E-state index < -0.39 is 65.8 Å². The molecule has 1 aliphatic carbocycles. The first kappa shape index (κ1) is 24.6. The van der Waals surface area contributed by atoms with Gasteiger partial charge in [-0.05, 0) is 53.4 Å². The van der Waals surface area contributed by atoms with Crippen molar-refractivity contribution in [3.63, 3.8) is 0 Å². The summed E-state index contributed by atoms with van der Waals surface area (Å²) in [5.41, 5.74) is -0.722. The van der Waals surface area contributed by atoms with E-state index in [9.17, 15) is 29.1 Å². The van der Waals surface area contributed by atoms with E-state index in [-0.39, 0.29) is 0 Å². The highest BCUT2D eigenvalue weighted by Crippen LogP contribution is 2.33. The van der Waals surface area contributed by atoms with Crippen molar-refractivity contribution < 1.29 is 38.6 Å². The summed E-state index contributed by atoms with van der Waals surface area (Å²) < 4.78 is 9.98. The maximum Gasteiger partial charge on any atom is 0.326 e. The molecule has 1 saturated carbocycles. The predicted octanol–water partition coefficient (Wildman–Crippen LogP) is 1.07. The number of ether oxygens (including phenoxy) is 2. The highest BCUT2D eigenvalue weighted by Gasteiger charge is 2.41. The lowest BCUT2D eigenvalue weighted by atomic mass is 9.95. The van der Waals surface area contributed by atoms with Gasteiger partial charge in [-0.15, -0.1) is 0 Å². The number of carboxylic acid groups (broad SMARTS) is 1. The van der Waals surface area contributed by atoms with Crippen molar-refractivity contribution >= 4 is 29.7 Å².